The van der Waals surface area contributed by atoms with Crippen LogP contribution in [0.4, 0.5) is 0 Å². The fourth-order valence-electron chi connectivity index (χ4n) is 5.30. The van der Waals surface area contributed by atoms with Crippen LogP contribution in [-0.4, -0.2) is 4.57 Å². The van der Waals surface area contributed by atoms with Gasteiger partial charge in [0, 0.05) is 16.5 Å². The molecule has 160 valence electrons. The van der Waals surface area contributed by atoms with Crippen molar-refractivity contribution in [2.45, 2.75) is 6.92 Å². The lowest BCUT2D eigenvalue weighted by molar-refractivity contribution is 1.19. The third kappa shape index (κ3) is 2.94. The Kier molecular flexibility index (Phi) is 4.13. The van der Waals surface area contributed by atoms with E-state index < -0.39 is 0 Å². The van der Waals surface area contributed by atoms with E-state index in [1.54, 1.807) is 0 Å². The highest BCUT2D eigenvalue weighted by Gasteiger charge is 2.12. The summed E-state index contributed by atoms with van der Waals surface area (Å²) in [6.45, 7) is 2.14. The van der Waals surface area contributed by atoms with E-state index in [0.29, 0.717) is 0 Å². The maximum absolute atomic E-state index is 2.38. The molecule has 0 saturated carbocycles. The van der Waals surface area contributed by atoms with E-state index in [9.17, 15) is 0 Å². The Bertz CT molecular complexity index is 1820. The van der Waals surface area contributed by atoms with Gasteiger partial charge in [0.2, 0.25) is 0 Å². The minimum atomic E-state index is 1.19. The number of fused-ring (bicyclic) bond motifs is 5. The van der Waals surface area contributed by atoms with E-state index in [-0.39, 0.29) is 0 Å². The molecule has 0 aliphatic carbocycles. The first kappa shape index (κ1) is 19.1. The third-order valence-corrected chi connectivity index (χ3v) is 6.99. The number of aryl methyl sites for hydroxylation is 1. The van der Waals surface area contributed by atoms with Crippen molar-refractivity contribution >= 4 is 43.4 Å². The van der Waals surface area contributed by atoms with Crippen molar-refractivity contribution in [1.29, 1.82) is 0 Å². The van der Waals surface area contributed by atoms with Crippen molar-refractivity contribution < 1.29 is 0 Å². The molecule has 0 radical (unpaired) electrons. The summed E-state index contributed by atoms with van der Waals surface area (Å²) in [6.07, 6.45) is 0. The van der Waals surface area contributed by atoms with Gasteiger partial charge in [0.25, 0.3) is 0 Å². The molecule has 1 aromatic heterocycles. The van der Waals surface area contributed by atoms with Gasteiger partial charge < -0.3 is 4.57 Å². The SMILES string of the molecule is Cc1ccc2cc(-c3ccc4cc(-n5c6ccccc6c6ccccc65)ccc4c3)ccc2c1. The second kappa shape index (κ2) is 7.33. The predicted octanol–water partition coefficient (Wildman–Crippen LogP) is 9.07. The fraction of sp³-hybridized carbons (Fsp3) is 0.0303. The monoisotopic (exact) mass is 433 g/mol. The molecule has 0 bridgehead atoms. The molecular formula is C33H23N. The molecule has 0 atom stereocenters. The van der Waals surface area contributed by atoms with Gasteiger partial charge >= 0.3 is 0 Å². The van der Waals surface area contributed by atoms with Crippen LogP contribution in [0.25, 0.3) is 60.2 Å². The summed E-state index contributed by atoms with van der Waals surface area (Å²) in [7, 11) is 0. The minimum Gasteiger partial charge on any atom is -0.309 e. The first-order chi connectivity index (χ1) is 16.7. The van der Waals surface area contributed by atoms with Crippen LogP contribution in [0.1, 0.15) is 5.56 Å². The molecule has 0 saturated heterocycles. The van der Waals surface area contributed by atoms with Gasteiger partial charge in [-0.15, -0.1) is 0 Å². The molecular weight excluding hydrogens is 410 g/mol. The van der Waals surface area contributed by atoms with Crippen LogP contribution in [-0.2, 0) is 0 Å². The third-order valence-electron chi connectivity index (χ3n) is 6.99. The number of nitrogens with zero attached hydrogens (tertiary/aromatic N) is 1. The second-order valence-electron chi connectivity index (χ2n) is 9.18. The van der Waals surface area contributed by atoms with Crippen LogP contribution in [0.2, 0.25) is 0 Å². The molecule has 0 fully saturated rings. The Morgan fingerprint density at radius 3 is 1.59 bits per heavy atom. The van der Waals surface area contributed by atoms with Crippen molar-refractivity contribution in [3.05, 3.63) is 127 Å². The van der Waals surface area contributed by atoms with Crippen LogP contribution in [0.3, 0.4) is 0 Å². The lowest BCUT2D eigenvalue weighted by Crippen LogP contribution is -1.93. The average molecular weight is 434 g/mol. The molecule has 0 unspecified atom stereocenters. The Labute approximate surface area is 198 Å². The number of aromatic nitrogens is 1. The zero-order valence-corrected chi connectivity index (χ0v) is 19.0. The van der Waals surface area contributed by atoms with Crippen molar-refractivity contribution in [3.63, 3.8) is 0 Å². The molecule has 6 aromatic carbocycles. The summed E-state index contributed by atoms with van der Waals surface area (Å²) in [6, 6.07) is 44.3. The number of rotatable bonds is 2. The van der Waals surface area contributed by atoms with Gasteiger partial charge in [0.05, 0.1) is 11.0 Å². The van der Waals surface area contributed by atoms with E-state index in [1.807, 2.05) is 0 Å². The molecule has 1 nitrogen and oxygen atoms in total. The molecule has 0 N–H and O–H groups in total. The zero-order valence-electron chi connectivity index (χ0n) is 19.0. The molecule has 1 heteroatoms. The molecule has 0 spiro atoms. The molecule has 1 heterocycles. The molecule has 34 heavy (non-hydrogen) atoms. The lowest BCUT2D eigenvalue weighted by Gasteiger charge is -2.11. The normalized spacial score (nSPS) is 11.7. The lowest BCUT2D eigenvalue weighted by atomic mass is 9.98. The van der Waals surface area contributed by atoms with Crippen molar-refractivity contribution in [1.82, 2.24) is 4.57 Å². The van der Waals surface area contributed by atoms with Gasteiger partial charge in [-0.2, -0.15) is 0 Å². The summed E-state index contributed by atoms with van der Waals surface area (Å²) >= 11 is 0. The summed E-state index contributed by atoms with van der Waals surface area (Å²) in [5.41, 5.74) is 7.48. The van der Waals surface area contributed by atoms with E-state index in [0.717, 1.165) is 0 Å². The quantitative estimate of drug-likeness (QED) is 0.256. The highest BCUT2D eigenvalue weighted by Crippen LogP contribution is 2.34. The average Bonchev–Trinajstić information content (AvgIpc) is 3.22. The predicted molar refractivity (Wildman–Crippen MR) is 146 cm³/mol. The van der Waals surface area contributed by atoms with Gasteiger partial charge in [-0.3, -0.25) is 0 Å². The zero-order chi connectivity index (χ0) is 22.6. The summed E-state index contributed by atoms with van der Waals surface area (Å²) in [4.78, 5) is 0. The summed E-state index contributed by atoms with van der Waals surface area (Å²) in [5.74, 6) is 0. The van der Waals surface area contributed by atoms with E-state index in [4.69, 9.17) is 0 Å². The molecule has 0 aliphatic heterocycles. The summed E-state index contributed by atoms with van der Waals surface area (Å²) in [5, 5.41) is 7.66. The highest BCUT2D eigenvalue weighted by atomic mass is 15.0. The van der Waals surface area contributed by atoms with E-state index in [2.05, 4.69) is 133 Å². The number of hydrogen-bond donors (Lipinski definition) is 0. The first-order valence-electron chi connectivity index (χ1n) is 11.8. The van der Waals surface area contributed by atoms with Gasteiger partial charge in [-0.25, -0.2) is 0 Å². The van der Waals surface area contributed by atoms with Crippen molar-refractivity contribution in [3.8, 4) is 16.8 Å². The van der Waals surface area contributed by atoms with Crippen LogP contribution < -0.4 is 0 Å². The van der Waals surface area contributed by atoms with Crippen molar-refractivity contribution in [2.24, 2.45) is 0 Å². The maximum Gasteiger partial charge on any atom is 0.0541 e. The van der Waals surface area contributed by atoms with E-state index in [1.165, 1.54) is 65.7 Å². The van der Waals surface area contributed by atoms with Gasteiger partial charge in [0.1, 0.15) is 0 Å². The topological polar surface area (TPSA) is 4.93 Å². The minimum absolute atomic E-state index is 1.19. The molecule has 7 rings (SSSR count). The first-order valence-corrected chi connectivity index (χ1v) is 11.8. The Balaban J connectivity index is 1.37. The standard InChI is InChI=1S/C33H23N/c1-22-10-11-24-19-25(13-12-23(24)18-22)26-14-15-28-21-29(17-16-27(28)20-26)34-32-8-4-2-6-30(32)31-7-3-5-9-33(31)34/h2-21H,1H3. The van der Waals surface area contributed by atoms with Crippen LogP contribution >= 0.6 is 0 Å². The second-order valence-corrected chi connectivity index (χ2v) is 9.18. The Morgan fingerprint density at radius 2 is 0.941 bits per heavy atom. The van der Waals surface area contributed by atoms with Crippen LogP contribution in [0, 0.1) is 6.92 Å². The molecule has 7 aromatic rings. The van der Waals surface area contributed by atoms with Crippen LogP contribution in [0.15, 0.2) is 121 Å². The molecule has 0 amide bonds. The smallest absolute Gasteiger partial charge is 0.0541 e. The van der Waals surface area contributed by atoms with Crippen LogP contribution in [0.5, 0.6) is 0 Å². The Hall–Kier alpha value is -4.36. The maximum atomic E-state index is 2.38. The van der Waals surface area contributed by atoms with Crippen molar-refractivity contribution in [2.75, 3.05) is 0 Å². The molecule has 0 aliphatic rings. The van der Waals surface area contributed by atoms with Gasteiger partial charge in [-0.05, 0) is 76.0 Å². The van der Waals surface area contributed by atoms with Gasteiger partial charge in [0.15, 0.2) is 0 Å². The Morgan fingerprint density at radius 1 is 0.441 bits per heavy atom. The van der Waals surface area contributed by atoms with E-state index >= 15 is 0 Å². The number of para-hydroxylation sites is 2. The summed E-state index contributed by atoms with van der Waals surface area (Å²) < 4.78 is 2.38. The highest BCUT2D eigenvalue weighted by molar-refractivity contribution is 6.09. The number of hydrogen-bond acceptors (Lipinski definition) is 0. The number of benzene rings is 6. The largest absolute Gasteiger partial charge is 0.309 e. The van der Waals surface area contributed by atoms with Gasteiger partial charge in [-0.1, -0.05) is 90.5 Å². The fourth-order valence-corrected chi connectivity index (χ4v) is 5.30.